The molecule has 2 rings (SSSR count). The Kier molecular flexibility index (Phi) is 5.27. The van der Waals surface area contributed by atoms with Crippen molar-refractivity contribution in [3.8, 4) is 0 Å². The summed E-state index contributed by atoms with van der Waals surface area (Å²) in [5, 5.41) is 5.70. The van der Waals surface area contributed by atoms with E-state index in [-0.39, 0.29) is 5.76 Å². The molecule has 4 nitrogen and oxygen atoms in total. The fourth-order valence-corrected chi connectivity index (χ4v) is 2.32. The molecule has 0 bridgehead atoms. The van der Waals surface area contributed by atoms with Crippen LogP contribution >= 0.6 is 34.8 Å². The summed E-state index contributed by atoms with van der Waals surface area (Å²) in [4.78, 5) is 12.1. The lowest BCUT2D eigenvalue weighted by Crippen LogP contribution is -2.49. The number of carbonyl (C=O) groups is 1. The normalized spacial score (nSPS) is 12.8. The Labute approximate surface area is 143 Å². The van der Waals surface area contributed by atoms with Crippen LogP contribution < -0.4 is 10.6 Å². The number of benzene rings is 1. The van der Waals surface area contributed by atoms with Crippen LogP contribution in [0.25, 0.3) is 0 Å². The molecule has 1 heterocycles. The maximum absolute atomic E-state index is 12.1. The third kappa shape index (κ3) is 4.09. The molecule has 118 valence electrons. The molecule has 0 aliphatic heterocycles. The molecule has 1 aromatic carbocycles. The van der Waals surface area contributed by atoms with E-state index in [1.807, 2.05) is 32.0 Å². The number of anilines is 1. The van der Waals surface area contributed by atoms with Crippen LogP contribution in [0, 0.1) is 13.8 Å². The van der Waals surface area contributed by atoms with E-state index in [4.69, 9.17) is 39.2 Å². The van der Waals surface area contributed by atoms with Gasteiger partial charge in [-0.2, -0.15) is 0 Å². The van der Waals surface area contributed by atoms with Gasteiger partial charge < -0.3 is 15.1 Å². The molecule has 1 atom stereocenters. The van der Waals surface area contributed by atoms with Gasteiger partial charge in [0, 0.05) is 5.69 Å². The Morgan fingerprint density at radius 1 is 1.14 bits per heavy atom. The predicted molar refractivity (Wildman–Crippen MR) is 89.8 cm³/mol. The highest BCUT2D eigenvalue weighted by Crippen LogP contribution is 2.32. The van der Waals surface area contributed by atoms with Gasteiger partial charge in [0.1, 0.15) is 6.17 Å². The van der Waals surface area contributed by atoms with Gasteiger partial charge in [0.15, 0.2) is 5.76 Å². The highest BCUT2D eigenvalue weighted by molar-refractivity contribution is 6.68. The minimum absolute atomic E-state index is 0.141. The average molecular weight is 362 g/mol. The van der Waals surface area contributed by atoms with Gasteiger partial charge in [-0.3, -0.25) is 4.79 Å². The predicted octanol–water partition coefficient (Wildman–Crippen LogP) is 4.43. The molecule has 7 heteroatoms. The van der Waals surface area contributed by atoms with Crippen molar-refractivity contribution in [2.24, 2.45) is 0 Å². The molecule has 0 saturated heterocycles. The van der Waals surface area contributed by atoms with Gasteiger partial charge in [-0.15, -0.1) is 0 Å². The van der Waals surface area contributed by atoms with Gasteiger partial charge >= 0.3 is 0 Å². The number of furan rings is 1. The maximum atomic E-state index is 12.1. The van der Waals surface area contributed by atoms with E-state index in [0.29, 0.717) is 0 Å². The van der Waals surface area contributed by atoms with E-state index in [1.54, 1.807) is 6.07 Å². The molecule has 2 N–H and O–H groups in total. The van der Waals surface area contributed by atoms with Crippen LogP contribution in [0.4, 0.5) is 5.69 Å². The zero-order chi connectivity index (χ0) is 16.3. The van der Waals surface area contributed by atoms with Crippen molar-refractivity contribution in [2.45, 2.75) is 23.8 Å². The summed E-state index contributed by atoms with van der Waals surface area (Å²) in [7, 11) is 0. The number of halogens is 3. The third-order valence-corrected chi connectivity index (χ3v) is 3.77. The van der Waals surface area contributed by atoms with Crippen molar-refractivity contribution in [1.82, 2.24) is 5.32 Å². The number of nitrogens with one attached hydrogen (secondary N) is 2. The Hall–Kier alpha value is -1.36. The van der Waals surface area contributed by atoms with E-state index >= 15 is 0 Å². The molecule has 1 amide bonds. The number of aryl methyl sites for hydroxylation is 2. The monoisotopic (exact) mass is 360 g/mol. The van der Waals surface area contributed by atoms with Gasteiger partial charge in [0.2, 0.25) is 3.79 Å². The van der Waals surface area contributed by atoms with Crippen molar-refractivity contribution in [3.05, 3.63) is 53.5 Å². The van der Waals surface area contributed by atoms with E-state index in [2.05, 4.69) is 10.6 Å². The number of carbonyl (C=O) groups excluding carboxylic acids is 1. The van der Waals surface area contributed by atoms with E-state index in [0.717, 1.165) is 16.8 Å². The van der Waals surface area contributed by atoms with Crippen LogP contribution in [-0.4, -0.2) is 15.9 Å². The smallest absolute Gasteiger partial charge is 0.288 e. The van der Waals surface area contributed by atoms with Crippen molar-refractivity contribution >= 4 is 46.4 Å². The molecule has 22 heavy (non-hydrogen) atoms. The van der Waals surface area contributed by atoms with Crippen molar-refractivity contribution in [1.29, 1.82) is 0 Å². The van der Waals surface area contributed by atoms with Gasteiger partial charge in [-0.1, -0.05) is 53.0 Å². The largest absolute Gasteiger partial charge is 0.459 e. The molecule has 2 aromatic rings. The standard InChI is InChI=1S/C15H15Cl3N2O2/c1-9-5-3-6-10(2)12(9)19-14(15(16,17)18)20-13(21)11-7-4-8-22-11/h3-8,14,19H,1-2H3,(H,20,21). The first-order chi connectivity index (χ1) is 10.3. The summed E-state index contributed by atoms with van der Waals surface area (Å²) in [6.07, 6.45) is 0.480. The second kappa shape index (κ2) is 6.82. The Morgan fingerprint density at radius 2 is 1.77 bits per heavy atom. The molecular weight excluding hydrogens is 347 g/mol. The second-order valence-corrected chi connectivity index (χ2v) is 7.21. The van der Waals surface area contributed by atoms with E-state index in [9.17, 15) is 4.79 Å². The lowest BCUT2D eigenvalue weighted by Gasteiger charge is -2.28. The SMILES string of the molecule is Cc1cccc(C)c1NC(NC(=O)c1ccco1)C(Cl)(Cl)Cl. The summed E-state index contributed by atoms with van der Waals surface area (Å²) in [6.45, 7) is 3.86. The van der Waals surface area contributed by atoms with Crippen LogP contribution in [0.15, 0.2) is 41.0 Å². The Bertz CT molecular complexity index is 631. The topological polar surface area (TPSA) is 54.3 Å². The minimum Gasteiger partial charge on any atom is -0.459 e. The first-order valence-corrected chi connectivity index (χ1v) is 7.66. The van der Waals surface area contributed by atoms with Crippen molar-refractivity contribution in [2.75, 3.05) is 5.32 Å². The van der Waals surface area contributed by atoms with E-state index < -0.39 is 15.9 Å². The van der Waals surface area contributed by atoms with Crippen LogP contribution in [0.1, 0.15) is 21.7 Å². The third-order valence-electron chi connectivity index (χ3n) is 3.12. The Morgan fingerprint density at radius 3 is 2.27 bits per heavy atom. The highest BCUT2D eigenvalue weighted by Gasteiger charge is 2.35. The van der Waals surface area contributed by atoms with Crippen LogP contribution in [-0.2, 0) is 0 Å². The fourth-order valence-electron chi connectivity index (χ4n) is 2.00. The molecule has 0 fully saturated rings. The quantitative estimate of drug-likeness (QED) is 0.625. The summed E-state index contributed by atoms with van der Waals surface area (Å²) in [5.41, 5.74) is 2.76. The maximum Gasteiger partial charge on any atom is 0.288 e. The number of alkyl halides is 3. The molecule has 0 aliphatic carbocycles. The Balaban J connectivity index is 2.22. The van der Waals surface area contributed by atoms with Gasteiger partial charge in [-0.25, -0.2) is 0 Å². The molecule has 0 radical (unpaired) electrons. The van der Waals surface area contributed by atoms with Crippen molar-refractivity contribution < 1.29 is 9.21 Å². The number of amides is 1. The van der Waals surface area contributed by atoms with Gasteiger partial charge in [0.25, 0.3) is 5.91 Å². The molecule has 1 aromatic heterocycles. The zero-order valence-electron chi connectivity index (χ0n) is 12.0. The molecule has 0 spiro atoms. The van der Waals surface area contributed by atoms with Gasteiger partial charge in [-0.05, 0) is 37.1 Å². The number of para-hydroxylation sites is 1. The van der Waals surface area contributed by atoms with Gasteiger partial charge in [0.05, 0.1) is 6.26 Å². The molecule has 0 saturated carbocycles. The first-order valence-electron chi connectivity index (χ1n) is 6.53. The molecule has 0 aliphatic rings. The van der Waals surface area contributed by atoms with E-state index in [1.165, 1.54) is 12.3 Å². The van der Waals surface area contributed by atoms with Crippen LogP contribution in [0.3, 0.4) is 0 Å². The average Bonchev–Trinajstić information content (AvgIpc) is 2.94. The van der Waals surface area contributed by atoms with Crippen LogP contribution in [0.5, 0.6) is 0 Å². The summed E-state index contributed by atoms with van der Waals surface area (Å²) in [6, 6.07) is 8.93. The summed E-state index contributed by atoms with van der Waals surface area (Å²) < 4.78 is 3.30. The lowest BCUT2D eigenvalue weighted by molar-refractivity contribution is 0.0914. The number of hydrogen-bond acceptors (Lipinski definition) is 3. The first kappa shape index (κ1) is 17.0. The summed E-state index contributed by atoms with van der Waals surface area (Å²) in [5.74, 6) is -0.331. The van der Waals surface area contributed by atoms with Crippen molar-refractivity contribution in [3.63, 3.8) is 0 Å². The van der Waals surface area contributed by atoms with Crippen LogP contribution in [0.2, 0.25) is 0 Å². The second-order valence-electron chi connectivity index (χ2n) is 4.84. The molecular formula is C15H15Cl3N2O2. The highest BCUT2D eigenvalue weighted by atomic mass is 35.6. The lowest BCUT2D eigenvalue weighted by atomic mass is 10.1. The zero-order valence-corrected chi connectivity index (χ0v) is 14.3. The number of hydrogen-bond donors (Lipinski definition) is 2. The fraction of sp³-hybridized carbons (Fsp3) is 0.267. The number of rotatable bonds is 4. The molecule has 1 unspecified atom stereocenters. The summed E-state index contributed by atoms with van der Waals surface area (Å²) >= 11 is 17.9. The minimum atomic E-state index is -1.74.